The van der Waals surface area contributed by atoms with Crippen LogP contribution < -0.4 is 5.32 Å². The van der Waals surface area contributed by atoms with Gasteiger partial charge >= 0.3 is 0 Å². The highest BCUT2D eigenvalue weighted by Gasteiger charge is 2.53. The summed E-state index contributed by atoms with van der Waals surface area (Å²) in [6.07, 6.45) is 41.6. The fourth-order valence-electron chi connectivity index (χ4n) is 11.5. The van der Waals surface area contributed by atoms with Crippen LogP contribution in [-0.2, 0) is 33.2 Å². The molecule has 3 rings (SSSR count). The first-order valence-corrected chi connectivity index (χ1v) is 35.3. The van der Waals surface area contributed by atoms with Gasteiger partial charge in [0.05, 0.1) is 38.6 Å². The second-order valence-electron chi connectivity index (χ2n) is 25.0. The van der Waals surface area contributed by atoms with Crippen LogP contribution in [0.25, 0.3) is 0 Å². The Hall–Kier alpha value is -3.03. The Balaban J connectivity index is 1.44. The minimum atomic E-state index is -1.99. The zero-order valence-electron chi connectivity index (χ0n) is 55.5. The van der Waals surface area contributed by atoms with Gasteiger partial charge in [0, 0.05) is 6.42 Å². The van der Waals surface area contributed by atoms with Crippen LogP contribution in [0.4, 0.5) is 0 Å². The second-order valence-corrected chi connectivity index (χ2v) is 25.0. The third-order valence-corrected chi connectivity index (χ3v) is 17.2. The molecule has 0 aliphatic carbocycles. The highest BCUT2D eigenvalue weighted by atomic mass is 16.8. The van der Waals surface area contributed by atoms with Crippen molar-refractivity contribution in [3.63, 3.8) is 0 Å². The summed E-state index contributed by atoms with van der Waals surface area (Å²) in [4.78, 5) is 13.4. The lowest BCUT2D eigenvalue weighted by atomic mass is 9.96. The lowest BCUT2D eigenvalue weighted by Crippen LogP contribution is -2.66. The van der Waals surface area contributed by atoms with E-state index in [9.17, 15) is 61.0 Å². The molecule has 3 heterocycles. The zero-order valence-corrected chi connectivity index (χ0v) is 55.5. The van der Waals surface area contributed by atoms with E-state index in [1.165, 1.54) is 141 Å². The van der Waals surface area contributed by atoms with E-state index in [-0.39, 0.29) is 12.3 Å². The minimum absolute atomic E-state index is 0.153. The van der Waals surface area contributed by atoms with Gasteiger partial charge < -0.3 is 89.9 Å². The molecule has 0 aromatic heterocycles. The topological polar surface area (TPSA) is 307 Å². The number of rotatable bonds is 53. The van der Waals surface area contributed by atoms with Crippen LogP contribution in [0, 0.1) is 0 Å². The van der Waals surface area contributed by atoms with E-state index < -0.39 is 131 Å². The molecule has 3 saturated heterocycles. The molecule has 1 amide bonds. The van der Waals surface area contributed by atoms with Crippen molar-refractivity contribution in [2.24, 2.45) is 0 Å². The number of hydrogen-bond donors (Lipinski definition) is 12. The van der Waals surface area contributed by atoms with Gasteiger partial charge in [0.2, 0.25) is 5.91 Å². The first-order chi connectivity index (χ1) is 44.3. The van der Waals surface area contributed by atoms with Gasteiger partial charge in [-0.1, -0.05) is 240 Å². The Kier molecular flexibility index (Phi) is 48.0. The number of hydrogen-bond acceptors (Lipinski definition) is 18. The lowest BCUT2D eigenvalue weighted by molar-refractivity contribution is -0.379. The second kappa shape index (κ2) is 53.2. The normalized spacial score (nSPS) is 28.4. The molecular formula is C72H125NO18. The molecule has 3 aliphatic heterocycles. The van der Waals surface area contributed by atoms with Crippen molar-refractivity contribution in [3.05, 3.63) is 85.1 Å². The maximum absolute atomic E-state index is 13.4. The Bertz CT molecular complexity index is 1980. The van der Waals surface area contributed by atoms with Crippen molar-refractivity contribution < 1.29 is 89.4 Å². The number of aliphatic hydroxyl groups excluding tert-OH is 11. The third kappa shape index (κ3) is 35.0. The standard InChI is InChI=1S/C72H125NO18/c1-3-5-7-9-11-13-15-17-19-21-22-23-24-25-26-27-28-29-30-31-32-34-35-37-39-41-43-45-47-49-56(77)55(73-60(78)50-48-46-44-42-40-38-36-33-20-18-16-14-12-10-8-6-4-2)54-86-70-66(84)63(81)68(58(52-75)88-70)91-72-67(85)64(82)69(59(53-76)89-72)90-71-65(83)62(80)61(79)57(51-74)87-71/h6,8,12,14,18,20,36,38-39,41-42,44,47,49,55-59,61-72,74-77,79-85H,3-5,7,9-11,13,15-17,19,21-35,37,40,43,45-46,48,50-54H2,1-2H3,(H,73,78)/b8-6-,14-12-,20-18-,38-36-,41-39+,44-42-,49-47+. The monoisotopic (exact) mass is 1290 g/mol. The third-order valence-electron chi connectivity index (χ3n) is 17.2. The number of amides is 1. The average molecular weight is 1290 g/mol. The Labute approximate surface area is 546 Å². The molecule has 0 spiro atoms. The summed E-state index contributed by atoms with van der Waals surface area (Å²) < 4.78 is 34.3. The van der Waals surface area contributed by atoms with Gasteiger partial charge in [0.25, 0.3) is 0 Å². The highest BCUT2D eigenvalue weighted by molar-refractivity contribution is 5.76. The number of nitrogens with one attached hydrogen (secondary N) is 1. The van der Waals surface area contributed by atoms with Gasteiger partial charge in [0.15, 0.2) is 18.9 Å². The molecule has 526 valence electrons. The number of carbonyl (C=O) groups is 1. The molecule has 19 nitrogen and oxygen atoms in total. The molecule has 0 aromatic carbocycles. The van der Waals surface area contributed by atoms with E-state index in [0.717, 1.165) is 51.4 Å². The molecule has 0 saturated carbocycles. The van der Waals surface area contributed by atoms with E-state index >= 15 is 0 Å². The molecule has 19 heteroatoms. The summed E-state index contributed by atoms with van der Waals surface area (Å²) >= 11 is 0. The van der Waals surface area contributed by atoms with Crippen molar-refractivity contribution in [3.8, 4) is 0 Å². The first kappa shape index (κ1) is 82.2. The van der Waals surface area contributed by atoms with E-state index in [0.29, 0.717) is 19.3 Å². The Morgan fingerprint density at radius 2 is 0.769 bits per heavy atom. The van der Waals surface area contributed by atoms with Crippen LogP contribution in [0.5, 0.6) is 0 Å². The van der Waals surface area contributed by atoms with Crippen LogP contribution in [0.3, 0.4) is 0 Å². The van der Waals surface area contributed by atoms with Gasteiger partial charge in [-0.05, 0) is 70.6 Å². The lowest BCUT2D eigenvalue weighted by Gasteiger charge is -2.48. The van der Waals surface area contributed by atoms with E-state index in [2.05, 4.69) is 86.0 Å². The number of allylic oxidation sites excluding steroid dienone is 13. The van der Waals surface area contributed by atoms with Crippen LogP contribution >= 0.6 is 0 Å². The van der Waals surface area contributed by atoms with Crippen LogP contribution in [-0.4, -0.2) is 193 Å². The SMILES string of the molecule is CC/C=C\C/C=C\C/C=C\C/C=C\C/C=C\CCCC(=O)NC(COC1OC(CO)C(OC2OC(CO)C(OC3OC(CO)C(O)C(O)C3O)C(O)C2O)C(O)C1O)C(O)/C=C/CC/C=C/CCCCCCCCCCCCCCCCCCCCCCCCC. The smallest absolute Gasteiger partial charge is 0.220 e. The molecule has 3 fully saturated rings. The molecule has 0 radical (unpaired) electrons. The fraction of sp³-hybridized carbons (Fsp3) is 0.792. The number of carbonyl (C=O) groups excluding carboxylic acids is 1. The average Bonchev–Trinajstić information content (AvgIpc) is 0.885. The number of aliphatic hydroxyl groups is 11. The molecule has 91 heavy (non-hydrogen) atoms. The van der Waals surface area contributed by atoms with E-state index in [1.807, 2.05) is 12.2 Å². The summed E-state index contributed by atoms with van der Waals surface area (Å²) in [5.41, 5.74) is 0. The van der Waals surface area contributed by atoms with Crippen LogP contribution in [0.1, 0.15) is 232 Å². The molecule has 3 aliphatic rings. The highest BCUT2D eigenvalue weighted by Crippen LogP contribution is 2.33. The van der Waals surface area contributed by atoms with E-state index in [4.69, 9.17) is 28.4 Å². The van der Waals surface area contributed by atoms with E-state index in [1.54, 1.807) is 6.08 Å². The Morgan fingerprint density at radius 3 is 1.23 bits per heavy atom. The molecule has 17 atom stereocenters. The minimum Gasteiger partial charge on any atom is -0.394 e. The predicted octanol–water partition coefficient (Wildman–Crippen LogP) is 9.49. The summed E-state index contributed by atoms with van der Waals surface area (Å²) in [6, 6.07) is -1.03. The van der Waals surface area contributed by atoms with Crippen LogP contribution in [0.15, 0.2) is 85.1 Å². The van der Waals surface area contributed by atoms with Crippen molar-refractivity contribution in [1.82, 2.24) is 5.32 Å². The molecule has 0 bridgehead atoms. The summed E-state index contributed by atoms with van der Waals surface area (Å²) in [7, 11) is 0. The van der Waals surface area contributed by atoms with Crippen LogP contribution in [0.2, 0.25) is 0 Å². The van der Waals surface area contributed by atoms with Crippen molar-refractivity contribution in [2.45, 2.75) is 336 Å². The quantitative estimate of drug-likeness (QED) is 0.0199. The summed E-state index contributed by atoms with van der Waals surface area (Å²) in [6.45, 7) is 1.56. The van der Waals surface area contributed by atoms with Gasteiger partial charge in [-0.2, -0.15) is 0 Å². The maximum Gasteiger partial charge on any atom is 0.220 e. The Morgan fingerprint density at radius 1 is 0.407 bits per heavy atom. The fourth-order valence-corrected chi connectivity index (χ4v) is 11.5. The summed E-state index contributed by atoms with van der Waals surface area (Å²) in [5, 5.41) is 120. The zero-order chi connectivity index (χ0) is 66.1. The van der Waals surface area contributed by atoms with Gasteiger partial charge in [0.1, 0.15) is 73.2 Å². The van der Waals surface area contributed by atoms with Crippen molar-refractivity contribution >= 4 is 5.91 Å². The van der Waals surface area contributed by atoms with Gasteiger partial charge in [-0.25, -0.2) is 0 Å². The number of unbranched alkanes of at least 4 members (excludes halogenated alkanes) is 25. The van der Waals surface area contributed by atoms with Crippen molar-refractivity contribution in [1.29, 1.82) is 0 Å². The molecule has 0 aromatic rings. The molecule has 17 unspecified atom stereocenters. The predicted molar refractivity (Wildman–Crippen MR) is 355 cm³/mol. The van der Waals surface area contributed by atoms with Crippen molar-refractivity contribution in [2.75, 3.05) is 26.4 Å². The summed E-state index contributed by atoms with van der Waals surface area (Å²) in [5.74, 6) is -0.344. The maximum atomic E-state index is 13.4. The molecule has 12 N–H and O–H groups in total. The van der Waals surface area contributed by atoms with Gasteiger partial charge in [-0.3, -0.25) is 4.79 Å². The molecular weight excluding hydrogens is 1170 g/mol. The van der Waals surface area contributed by atoms with Gasteiger partial charge in [-0.15, -0.1) is 0 Å². The first-order valence-electron chi connectivity index (χ1n) is 35.3. The number of ether oxygens (including phenoxy) is 6. The largest absolute Gasteiger partial charge is 0.394 e.